The minimum Gasteiger partial charge on any atom is -0.355 e. The molecule has 1 aromatic heterocycles. The topological polar surface area (TPSA) is 74.0 Å². The van der Waals surface area contributed by atoms with Crippen LogP contribution >= 0.6 is 11.6 Å². The van der Waals surface area contributed by atoms with Gasteiger partial charge in [-0.25, -0.2) is 0 Å². The zero-order valence-corrected chi connectivity index (χ0v) is 11.2. The Labute approximate surface area is 115 Å². The molecular weight excluding hydrogens is 266 g/mol. The van der Waals surface area contributed by atoms with Gasteiger partial charge in [-0.1, -0.05) is 23.7 Å². The van der Waals surface area contributed by atoms with E-state index in [0.29, 0.717) is 23.8 Å². The average Bonchev–Trinajstić information content (AvgIpc) is 2.79. The van der Waals surface area contributed by atoms with E-state index in [1.165, 1.54) is 6.92 Å². The molecule has 0 saturated heterocycles. The van der Waals surface area contributed by atoms with Gasteiger partial charge in [-0.3, -0.25) is 9.59 Å². The molecule has 19 heavy (non-hydrogen) atoms. The number of amides is 2. The maximum Gasteiger partial charge on any atom is 0.267 e. The smallest absolute Gasteiger partial charge is 0.267 e. The number of aromatic amines is 1. The summed E-state index contributed by atoms with van der Waals surface area (Å²) in [5.41, 5.74) is 1.20. The summed E-state index contributed by atoms with van der Waals surface area (Å²) >= 11 is 6.03. The number of para-hydroxylation sites is 1. The molecule has 1 aromatic carbocycles. The zero-order chi connectivity index (χ0) is 13.8. The van der Waals surface area contributed by atoms with Crippen LogP contribution in [0.5, 0.6) is 0 Å². The van der Waals surface area contributed by atoms with Crippen molar-refractivity contribution in [1.82, 2.24) is 15.6 Å². The summed E-state index contributed by atoms with van der Waals surface area (Å²) in [4.78, 5) is 25.5. The fourth-order valence-corrected chi connectivity index (χ4v) is 1.98. The van der Waals surface area contributed by atoms with Crippen molar-refractivity contribution in [2.45, 2.75) is 6.92 Å². The first-order valence-electron chi connectivity index (χ1n) is 5.88. The lowest BCUT2D eigenvalue weighted by atomic mass is 10.2. The maximum atomic E-state index is 11.9. The molecule has 0 unspecified atom stereocenters. The van der Waals surface area contributed by atoms with E-state index in [4.69, 9.17) is 11.6 Å². The van der Waals surface area contributed by atoms with Gasteiger partial charge in [-0.15, -0.1) is 0 Å². The van der Waals surface area contributed by atoms with Gasteiger partial charge in [0.15, 0.2) is 0 Å². The number of halogens is 1. The fraction of sp³-hybridized carbons (Fsp3) is 0.231. The molecule has 100 valence electrons. The molecule has 2 aromatic rings. The van der Waals surface area contributed by atoms with Crippen molar-refractivity contribution in [1.29, 1.82) is 0 Å². The van der Waals surface area contributed by atoms with Crippen LogP contribution in [0.15, 0.2) is 24.3 Å². The van der Waals surface area contributed by atoms with Crippen LogP contribution in [0.2, 0.25) is 5.02 Å². The third-order valence-corrected chi connectivity index (χ3v) is 2.95. The van der Waals surface area contributed by atoms with Crippen molar-refractivity contribution in [3.63, 3.8) is 0 Å². The number of benzene rings is 1. The lowest BCUT2D eigenvalue weighted by Gasteiger charge is -2.03. The Kier molecular flexibility index (Phi) is 4.06. The van der Waals surface area contributed by atoms with Gasteiger partial charge in [0.05, 0.1) is 10.5 Å². The van der Waals surface area contributed by atoms with Crippen LogP contribution in [0.4, 0.5) is 0 Å². The number of H-pyrrole nitrogens is 1. The van der Waals surface area contributed by atoms with Gasteiger partial charge in [0.1, 0.15) is 5.69 Å². The Bertz CT molecular complexity index is 621. The second-order valence-electron chi connectivity index (χ2n) is 4.13. The van der Waals surface area contributed by atoms with Gasteiger partial charge in [0, 0.05) is 25.4 Å². The Balaban J connectivity index is 2.01. The normalized spacial score (nSPS) is 10.4. The summed E-state index contributed by atoms with van der Waals surface area (Å²) in [6, 6.07) is 7.22. The SMILES string of the molecule is CC(=O)NCCNC(=O)c1cc2cccc(Cl)c2[nH]1. The standard InChI is InChI=1S/C13H14ClN3O2/c1-8(18)15-5-6-16-13(19)11-7-9-3-2-4-10(14)12(9)17-11/h2-4,7,17H,5-6H2,1H3,(H,15,18)(H,16,19). The third kappa shape index (κ3) is 3.26. The van der Waals surface area contributed by atoms with E-state index in [2.05, 4.69) is 15.6 Å². The molecule has 0 fully saturated rings. The molecule has 0 saturated carbocycles. The molecule has 0 bridgehead atoms. The van der Waals surface area contributed by atoms with Crippen LogP contribution in [-0.4, -0.2) is 29.9 Å². The molecule has 1 heterocycles. The van der Waals surface area contributed by atoms with E-state index >= 15 is 0 Å². The lowest BCUT2D eigenvalue weighted by molar-refractivity contribution is -0.118. The largest absolute Gasteiger partial charge is 0.355 e. The summed E-state index contributed by atoms with van der Waals surface area (Å²) in [6.07, 6.45) is 0. The van der Waals surface area contributed by atoms with E-state index in [-0.39, 0.29) is 11.8 Å². The van der Waals surface area contributed by atoms with Crippen molar-refractivity contribution < 1.29 is 9.59 Å². The first-order chi connectivity index (χ1) is 9.08. The summed E-state index contributed by atoms with van der Waals surface area (Å²) < 4.78 is 0. The van der Waals surface area contributed by atoms with E-state index in [0.717, 1.165) is 10.9 Å². The van der Waals surface area contributed by atoms with Crippen LogP contribution in [0.25, 0.3) is 10.9 Å². The number of nitrogens with one attached hydrogen (secondary N) is 3. The molecule has 5 nitrogen and oxygen atoms in total. The van der Waals surface area contributed by atoms with Crippen LogP contribution in [0.3, 0.4) is 0 Å². The van der Waals surface area contributed by atoms with Crippen molar-refractivity contribution in [2.24, 2.45) is 0 Å². The van der Waals surface area contributed by atoms with Crippen LogP contribution in [0.1, 0.15) is 17.4 Å². The first-order valence-corrected chi connectivity index (χ1v) is 6.25. The molecule has 0 atom stereocenters. The van der Waals surface area contributed by atoms with Gasteiger partial charge >= 0.3 is 0 Å². The van der Waals surface area contributed by atoms with Crippen LogP contribution in [0, 0.1) is 0 Å². The Hall–Kier alpha value is -2.01. The Morgan fingerprint density at radius 1 is 1.26 bits per heavy atom. The minimum atomic E-state index is -0.224. The fourth-order valence-electron chi connectivity index (χ4n) is 1.75. The molecule has 0 radical (unpaired) electrons. The number of carbonyl (C=O) groups excluding carboxylic acids is 2. The Morgan fingerprint density at radius 2 is 2.00 bits per heavy atom. The minimum absolute atomic E-state index is 0.119. The average molecular weight is 280 g/mol. The van der Waals surface area contributed by atoms with Crippen molar-refractivity contribution in [3.8, 4) is 0 Å². The van der Waals surface area contributed by atoms with Gasteiger partial charge in [-0.2, -0.15) is 0 Å². The summed E-state index contributed by atoms with van der Waals surface area (Å²) in [7, 11) is 0. The second-order valence-corrected chi connectivity index (χ2v) is 4.53. The van der Waals surface area contributed by atoms with Crippen molar-refractivity contribution >= 4 is 34.3 Å². The predicted molar refractivity (Wildman–Crippen MR) is 74.3 cm³/mol. The molecule has 0 aliphatic rings. The highest BCUT2D eigenvalue weighted by Crippen LogP contribution is 2.23. The van der Waals surface area contributed by atoms with Crippen molar-refractivity contribution in [2.75, 3.05) is 13.1 Å². The maximum absolute atomic E-state index is 11.9. The van der Waals surface area contributed by atoms with Gasteiger partial charge < -0.3 is 15.6 Å². The summed E-state index contributed by atoms with van der Waals surface area (Å²) in [6.45, 7) is 2.21. The molecule has 6 heteroatoms. The van der Waals surface area contributed by atoms with E-state index in [1.807, 2.05) is 12.1 Å². The van der Waals surface area contributed by atoms with Crippen LogP contribution in [-0.2, 0) is 4.79 Å². The third-order valence-electron chi connectivity index (χ3n) is 2.63. The zero-order valence-electron chi connectivity index (χ0n) is 10.4. The molecular formula is C13H14ClN3O2. The quantitative estimate of drug-likeness (QED) is 0.745. The monoisotopic (exact) mass is 279 g/mol. The lowest BCUT2D eigenvalue weighted by Crippen LogP contribution is -2.33. The number of aromatic nitrogens is 1. The van der Waals surface area contributed by atoms with E-state index in [1.54, 1.807) is 12.1 Å². The van der Waals surface area contributed by atoms with Crippen LogP contribution < -0.4 is 10.6 Å². The molecule has 2 amide bonds. The number of carbonyl (C=O) groups is 2. The molecule has 2 rings (SSSR count). The second kappa shape index (κ2) is 5.75. The highest BCUT2D eigenvalue weighted by molar-refractivity contribution is 6.35. The molecule has 0 spiro atoms. The van der Waals surface area contributed by atoms with Gasteiger partial charge in [-0.05, 0) is 12.1 Å². The number of fused-ring (bicyclic) bond motifs is 1. The Morgan fingerprint density at radius 3 is 2.68 bits per heavy atom. The van der Waals surface area contributed by atoms with E-state index in [9.17, 15) is 9.59 Å². The predicted octanol–water partition coefficient (Wildman–Crippen LogP) is 1.69. The highest BCUT2D eigenvalue weighted by atomic mass is 35.5. The summed E-state index contributed by atoms with van der Waals surface area (Å²) in [5, 5.41) is 6.78. The first kappa shape index (κ1) is 13.4. The molecule has 3 N–H and O–H groups in total. The molecule has 0 aliphatic heterocycles. The van der Waals surface area contributed by atoms with E-state index < -0.39 is 0 Å². The highest BCUT2D eigenvalue weighted by Gasteiger charge is 2.10. The number of hydrogen-bond acceptors (Lipinski definition) is 2. The van der Waals surface area contributed by atoms with Gasteiger partial charge in [0.2, 0.25) is 5.91 Å². The molecule has 0 aliphatic carbocycles. The summed E-state index contributed by atoms with van der Waals surface area (Å²) in [5.74, 6) is -0.343. The number of hydrogen-bond donors (Lipinski definition) is 3. The number of rotatable bonds is 4. The van der Waals surface area contributed by atoms with Gasteiger partial charge in [0.25, 0.3) is 5.91 Å². The van der Waals surface area contributed by atoms with Crippen molar-refractivity contribution in [3.05, 3.63) is 35.0 Å².